The highest BCUT2D eigenvalue weighted by atomic mass is 32.2. The molecule has 6 nitrogen and oxygen atoms in total. The molecule has 1 aliphatic rings. The van der Waals surface area contributed by atoms with Crippen LogP contribution in [0.4, 0.5) is 5.69 Å². The second-order valence-corrected chi connectivity index (χ2v) is 6.88. The molecule has 0 aromatic heterocycles. The fourth-order valence-electron chi connectivity index (χ4n) is 2.55. The van der Waals surface area contributed by atoms with Gasteiger partial charge in [-0.2, -0.15) is 0 Å². The number of piperidine rings is 1. The number of nitrogens with zero attached hydrogens (tertiary/aromatic N) is 1. The number of sulfonamides is 1. The number of ether oxygens (including phenoxy) is 1. The van der Waals surface area contributed by atoms with Crippen LogP contribution in [-0.4, -0.2) is 47.8 Å². The SMILES string of the molecule is CNS(=O)(=O)c1ccccc1N1CCC(OCCN)CC1. The average Bonchev–Trinajstić information content (AvgIpc) is 2.53. The van der Waals surface area contributed by atoms with Crippen molar-refractivity contribution in [3.05, 3.63) is 24.3 Å². The van der Waals surface area contributed by atoms with Gasteiger partial charge in [-0.15, -0.1) is 0 Å². The first-order valence-corrected chi connectivity index (χ1v) is 8.66. The van der Waals surface area contributed by atoms with Crippen molar-refractivity contribution in [1.29, 1.82) is 0 Å². The minimum Gasteiger partial charge on any atom is -0.377 e. The molecule has 0 atom stereocenters. The van der Waals surface area contributed by atoms with Gasteiger partial charge in [-0.05, 0) is 32.0 Å². The van der Waals surface area contributed by atoms with Gasteiger partial charge in [-0.25, -0.2) is 13.1 Å². The zero-order valence-electron chi connectivity index (χ0n) is 12.3. The number of hydrogen-bond donors (Lipinski definition) is 2. The highest BCUT2D eigenvalue weighted by molar-refractivity contribution is 7.89. The predicted octanol–water partition coefficient (Wildman–Crippen LogP) is 0.539. The van der Waals surface area contributed by atoms with E-state index in [2.05, 4.69) is 9.62 Å². The first kappa shape index (κ1) is 16.2. The third-order valence-corrected chi connectivity index (χ3v) is 5.14. The maximum Gasteiger partial charge on any atom is 0.242 e. The maximum atomic E-state index is 12.1. The van der Waals surface area contributed by atoms with E-state index in [-0.39, 0.29) is 6.10 Å². The molecular formula is C14H23N3O3S. The molecule has 7 heteroatoms. The van der Waals surface area contributed by atoms with Gasteiger partial charge in [0.05, 0.1) is 18.4 Å². The van der Waals surface area contributed by atoms with Crippen LogP contribution in [0.15, 0.2) is 29.2 Å². The van der Waals surface area contributed by atoms with Crippen molar-refractivity contribution in [3.63, 3.8) is 0 Å². The molecule has 0 amide bonds. The largest absolute Gasteiger partial charge is 0.377 e. The fraction of sp³-hybridized carbons (Fsp3) is 0.571. The lowest BCUT2D eigenvalue weighted by Crippen LogP contribution is -2.38. The third-order valence-electron chi connectivity index (χ3n) is 3.68. The second kappa shape index (κ2) is 7.22. The summed E-state index contributed by atoms with van der Waals surface area (Å²) in [6.45, 7) is 2.68. The Hall–Kier alpha value is -1.15. The molecule has 0 bridgehead atoms. The van der Waals surface area contributed by atoms with Crippen LogP contribution in [-0.2, 0) is 14.8 Å². The van der Waals surface area contributed by atoms with E-state index in [9.17, 15) is 8.42 Å². The summed E-state index contributed by atoms with van der Waals surface area (Å²) in [5.74, 6) is 0. The zero-order valence-corrected chi connectivity index (χ0v) is 13.1. The molecule has 1 heterocycles. The lowest BCUT2D eigenvalue weighted by Gasteiger charge is -2.34. The second-order valence-electron chi connectivity index (χ2n) is 5.02. The van der Waals surface area contributed by atoms with Crippen molar-refractivity contribution in [2.24, 2.45) is 5.73 Å². The van der Waals surface area contributed by atoms with E-state index in [1.807, 2.05) is 12.1 Å². The molecule has 21 heavy (non-hydrogen) atoms. The normalized spacial score (nSPS) is 17.1. The highest BCUT2D eigenvalue weighted by Crippen LogP contribution is 2.28. The number of rotatable bonds is 6. The van der Waals surface area contributed by atoms with Gasteiger partial charge < -0.3 is 15.4 Å². The third kappa shape index (κ3) is 3.94. The quantitative estimate of drug-likeness (QED) is 0.801. The Morgan fingerprint density at radius 1 is 1.33 bits per heavy atom. The zero-order chi connectivity index (χ0) is 15.3. The van der Waals surface area contributed by atoms with Crippen LogP contribution >= 0.6 is 0 Å². The van der Waals surface area contributed by atoms with E-state index < -0.39 is 10.0 Å². The smallest absolute Gasteiger partial charge is 0.242 e. The Balaban J connectivity index is 2.11. The monoisotopic (exact) mass is 313 g/mol. The van der Waals surface area contributed by atoms with Crippen molar-refractivity contribution in [1.82, 2.24) is 4.72 Å². The van der Waals surface area contributed by atoms with Gasteiger partial charge in [-0.3, -0.25) is 0 Å². The summed E-state index contributed by atoms with van der Waals surface area (Å²) in [4.78, 5) is 2.43. The first-order valence-electron chi connectivity index (χ1n) is 7.17. The molecule has 0 saturated carbocycles. The van der Waals surface area contributed by atoms with Crippen LogP contribution in [0.25, 0.3) is 0 Å². The van der Waals surface area contributed by atoms with E-state index in [4.69, 9.17) is 10.5 Å². The van der Waals surface area contributed by atoms with Crippen LogP contribution in [0.2, 0.25) is 0 Å². The summed E-state index contributed by atoms with van der Waals surface area (Å²) in [7, 11) is -2.02. The van der Waals surface area contributed by atoms with Crippen molar-refractivity contribution < 1.29 is 13.2 Å². The summed E-state index contributed by atoms with van der Waals surface area (Å²) >= 11 is 0. The number of anilines is 1. The van der Waals surface area contributed by atoms with Crippen LogP contribution in [0.1, 0.15) is 12.8 Å². The molecule has 1 aromatic rings. The van der Waals surface area contributed by atoms with Crippen LogP contribution in [0, 0.1) is 0 Å². The molecule has 1 aliphatic heterocycles. The molecule has 1 fully saturated rings. The molecule has 1 aromatic carbocycles. The molecule has 118 valence electrons. The topological polar surface area (TPSA) is 84.7 Å². The van der Waals surface area contributed by atoms with Gasteiger partial charge in [0.15, 0.2) is 0 Å². The van der Waals surface area contributed by atoms with E-state index in [0.29, 0.717) is 18.0 Å². The molecule has 0 spiro atoms. The lowest BCUT2D eigenvalue weighted by molar-refractivity contribution is 0.0421. The standard InChI is InChI=1S/C14H23N3O3S/c1-16-21(18,19)14-5-3-2-4-13(14)17-9-6-12(7-10-17)20-11-8-15/h2-5,12,16H,6-11,15H2,1H3. The summed E-state index contributed by atoms with van der Waals surface area (Å²) < 4.78 is 32.2. The van der Waals surface area contributed by atoms with Crippen molar-refractivity contribution in [2.45, 2.75) is 23.8 Å². The van der Waals surface area contributed by atoms with E-state index in [1.165, 1.54) is 7.05 Å². The van der Waals surface area contributed by atoms with Crippen molar-refractivity contribution >= 4 is 15.7 Å². The van der Waals surface area contributed by atoms with Gasteiger partial charge in [-0.1, -0.05) is 12.1 Å². The van der Waals surface area contributed by atoms with Crippen LogP contribution < -0.4 is 15.4 Å². The molecule has 0 aliphatic carbocycles. The van der Waals surface area contributed by atoms with Gasteiger partial charge in [0.1, 0.15) is 4.90 Å². The van der Waals surface area contributed by atoms with Gasteiger partial charge in [0.2, 0.25) is 10.0 Å². The molecule has 0 unspecified atom stereocenters. The Morgan fingerprint density at radius 3 is 2.62 bits per heavy atom. The predicted molar refractivity (Wildman–Crippen MR) is 82.9 cm³/mol. The summed E-state index contributed by atoms with van der Waals surface area (Å²) in [5, 5.41) is 0. The Labute approximate surface area is 126 Å². The Morgan fingerprint density at radius 2 is 2.00 bits per heavy atom. The Bertz CT molecular complexity index is 554. The summed E-state index contributed by atoms with van der Waals surface area (Å²) in [6.07, 6.45) is 1.99. The molecule has 0 radical (unpaired) electrons. The minimum absolute atomic E-state index is 0.220. The summed E-state index contributed by atoms with van der Waals surface area (Å²) in [6, 6.07) is 7.09. The van der Waals surface area contributed by atoms with Crippen LogP contribution in [0.3, 0.4) is 0 Å². The molecule has 3 N–H and O–H groups in total. The van der Waals surface area contributed by atoms with E-state index in [0.717, 1.165) is 31.6 Å². The Kier molecular flexibility index (Phi) is 5.58. The first-order chi connectivity index (χ1) is 10.1. The lowest BCUT2D eigenvalue weighted by atomic mass is 10.1. The number of hydrogen-bond acceptors (Lipinski definition) is 5. The number of benzene rings is 1. The van der Waals surface area contributed by atoms with Gasteiger partial charge in [0.25, 0.3) is 0 Å². The summed E-state index contributed by atoms with van der Waals surface area (Å²) in [5.41, 5.74) is 6.19. The van der Waals surface area contributed by atoms with Gasteiger partial charge >= 0.3 is 0 Å². The van der Waals surface area contributed by atoms with Crippen LogP contribution in [0.5, 0.6) is 0 Å². The highest BCUT2D eigenvalue weighted by Gasteiger charge is 2.24. The molecule has 2 rings (SSSR count). The van der Waals surface area contributed by atoms with E-state index in [1.54, 1.807) is 12.1 Å². The number of para-hydroxylation sites is 1. The van der Waals surface area contributed by atoms with Gasteiger partial charge in [0, 0.05) is 19.6 Å². The average molecular weight is 313 g/mol. The fourth-order valence-corrected chi connectivity index (χ4v) is 3.50. The molecule has 1 saturated heterocycles. The molecular weight excluding hydrogens is 290 g/mol. The number of nitrogens with two attached hydrogens (primary N) is 1. The van der Waals surface area contributed by atoms with Crippen molar-refractivity contribution in [2.75, 3.05) is 38.2 Å². The number of nitrogens with one attached hydrogen (secondary N) is 1. The van der Waals surface area contributed by atoms with E-state index >= 15 is 0 Å². The minimum atomic E-state index is -3.45. The van der Waals surface area contributed by atoms with Crippen molar-refractivity contribution in [3.8, 4) is 0 Å². The maximum absolute atomic E-state index is 12.1.